The maximum atomic E-state index is 13.0. The second-order valence-electron chi connectivity index (χ2n) is 8.97. The van der Waals surface area contributed by atoms with Gasteiger partial charge >= 0.3 is 0 Å². The number of morpholine rings is 1. The van der Waals surface area contributed by atoms with Crippen LogP contribution in [0.15, 0.2) is 47.3 Å². The van der Waals surface area contributed by atoms with Crippen molar-refractivity contribution in [2.75, 3.05) is 51.8 Å². The first kappa shape index (κ1) is 25.2. The molecule has 3 aromatic rings. The van der Waals surface area contributed by atoms with Gasteiger partial charge in [-0.05, 0) is 61.8 Å². The normalized spacial score (nSPS) is 14.1. The molecule has 4 rings (SSSR count). The lowest BCUT2D eigenvalue weighted by molar-refractivity contribution is 0.0367. The Labute approximate surface area is 212 Å². The number of aromatic nitrogens is 1. The van der Waals surface area contributed by atoms with Crippen molar-refractivity contribution in [1.82, 2.24) is 14.8 Å². The van der Waals surface area contributed by atoms with Crippen LogP contribution in [-0.2, 0) is 11.3 Å². The van der Waals surface area contributed by atoms with Gasteiger partial charge in [0, 0.05) is 37.1 Å². The van der Waals surface area contributed by atoms with E-state index in [0.717, 1.165) is 79.3 Å². The van der Waals surface area contributed by atoms with Crippen LogP contribution in [-0.4, -0.2) is 66.4 Å². The van der Waals surface area contributed by atoms with E-state index < -0.39 is 0 Å². The highest BCUT2D eigenvalue weighted by molar-refractivity contribution is 7.80. The van der Waals surface area contributed by atoms with Gasteiger partial charge in [0.05, 0.1) is 38.1 Å². The Bertz CT molecular complexity index is 1240. The van der Waals surface area contributed by atoms with Crippen molar-refractivity contribution in [1.29, 1.82) is 0 Å². The van der Waals surface area contributed by atoms with Gasteiger partial charge in [0.25, 0.3) is 5.56 Å². The van der Waals surface area contributed by atoms with E-state index in [-0.39, 0.29) is 5.56 Å². The summed E-state index contributed by atoms with van der Waals surface area (Å²) in [6.07, 6.45) is 0.928. The number of hydrogen-bond acceptors (Lipinski definition) is 5. The van der Waals surface area contributed by atoms with Crippen molar-refractivity contribution in [3.8, 4) is 5.75 Å². The molecule has 0 bridgehead atoms. The summed E-state index contributed by atoms with van der Waals surface area (Å²) >= 11 is 5.83. The Balaban J connectivity index is 1.56. The SMILES string of the molecule is COc1ccccc1NC(=S)N(CCCN1CCOCC1)Cc1cc2c(C)ccc(C)c2[nH]c1=O. The van der Waals surface area contributed by atoms with Crippen molar-refractivity contribution in [2.45, 2.75) is 26.8 Å². The Morgan fingerprint density at radius 3 is 2.69 bits per heavy atom. The lowest BCUT2D eigenvalue weighted by atomic mass is 10.0. The molecule has 0 aliphatic carbocycles. The van der Waals surface area contributed by atoms with Gasteiger partial charge in [0.2, 0.25) is 0 Å². The van der Waals surface area contributed by atoms with Crippen LogP contribution >= 0.6 is 12.2 Å². The number of aryl methyl sites for hydroxylation is 2. The Kier molecular flexibility index (Phi) is 8.38. The molecule has 7 nitrogen and oxygen atoms in total. The average molecular weight is 495 g/mol. The molecule has 186 valence electrons. The maximum absolute atomic E-state index is 13.0. The maximum Gasteiger partial charge on any atom is 0.253 e. The number of hydrogen-bond donors (Lipinski definition) is 2. The van der Waals surface area contributed by atoms with E-state index in [4.69, 9.17) is 21.7 Å². The molecule has 2 N–H and O–H groups in total. The average Bonchev–Trinajstić information content (AvgIpc) is 2.87. The number of anilines is 1. The van der Waals surface area contributed by atoms with Gasteiger partial charge in [-0.3, -0.25) is 9.69 Å². The lowest BCUT2D eigenvalue weighted by Crippen LogP contribution is -2.40. The van der Waals surface area contributed by atoms with Crippen LogP contribution in [0.2, 0.25) is 0 Å². The second kappa shape index (κ2) is 11.7. The van der Waals surface area contributed by atoms with Crippen LogP contribution in [0.4, 0.5) is 5.69 Å². The van der Waals surface area contributed by atoms with Gasteiger partial charge in [-0.2, -0.15) is 0 Å². The Hall–Kier alpha value is -2.94. The molecule has 1 aliphatic heterocycles. The Morgan fingerprint density at radius 2 is 1.91 bits per heavy atom. The van der Waals surface area contributed by atoms with Crippen molar-refractivity contribution in [3.63, 3.8) is 0 Å². The molecule has 2 aromatic carbocycles. The summed E-state index contributed by atoms with van der Waals surface area (Å²) in [7, 11) is 1.64. The summed E-state index contributed by atoms with van der Waals surface area (Å²) in [5.41, 5.74) is 4.51. The summed E-state index contributed by atoms with van der Waals surface area (Å²) in [4.78, 5) is 20.6. The van der Waals surface area contributed by atoms with E-state index in [2.05, 4.69) is 33.1 Å². The van der Waals surface area contributed by atoms with Crippen molar-refractivity contribution >= 4 is 33.9 Å². The highest BCUT2D eigenvalue weighted by Gasteiger charge is 2.17. The fourth-order valence-electron chi connectivity index (χ4n) is 4.45. The summed E-state index contributed by atoms with van der Waals surface area (Å²) < 4.78 is 10.9. The summed E-state index contributed by atoms with van der Waals surface area (Å²) in [5, 5.41) is 4.97. The molecule has 1 aromatic heterocycles. The number of para-hydroxylation sites is 2. The fraction of sp³-hybridized carbons (Fsp3) is 0.407. The number of thiocarbonyl (C=S) groups is 1. The number of rotatable bonds is 8. The molecule has 1 aliphatic rings. The van der Waals surface area contributed by atoms with E-state index in [1.165, 1.54) is 0 Å². The molecule has 0 radical (unpaired) electrons. The van der Waals surface area contributed by atoms with Crippen molar-refractivity contribution < 1.29 is 9.47 Å². The molecule has 35 heavy (non-hydrogen) atoms. The van der Waals surface area contributed by atoms with Gasteiger partial charge in [-0.1, -0.05) is 24.3 Å². The first-order chi connectivity index (χ1) is 17.0. The van der Waals surface area contributed by atoms with E-state index in [9.17, 15) is 4.79 Å². The van der Waals surface area contributed by atoms with Gasteiger partial charge < -0.3 is 24.7 Å². The number of nitrogens with zero attached hydrogens (tertiary/aromatic N) is 2. The van der Waals surface area contributed by atoms with Crippen LogP contribution in [0.5, 0.6) is 5.75 Å². The predicted molar refractivity (Wildman–Crippen MR) is 146 cm³/mol. The molecule has 2 heterocycles. The van der Waals surface area contributed by atoms with Crippen LogP contribution in [0.3, 0.4) is 0 Å². The van der Waals surface area contributed by atoms with Crippen LogP contribution < -0.4 is 15.6 Å². The van der Waals surface area contributed by atoms with Gasteiger partial charge in [0.1, 0.15) is 5.75 Å². The van der Waals surface area contributed by atoms with Crippen molar-refractivity contribution in [2.24, 2.45) is 0 Å². The summed E-state index contributed by atoms with van der Waals surface area (Å²) in [5.74, 6) is 0.720. The number of methoxy groups -OCH3 is 1. The molecular formula is C27H34N4O3S. The second-order valence-corrected chi connectivity index (χ2v) is 9.36. The van der Waals surface area contributed by atoms with Crippen LogP contribution in [0.1, 0.15) is 23.1 Å². The van der Waals surface area contributed by atoms with Crippen molar-refractivity contribution in [3.05, 3.63) is 69.5 Å². The fourth-order valence-corrected chi connectivity index (χ4v) is 4.71. The molecule has 0 amide bonds. The quantitative estimate of drug-likeness (QED) is 0.458. The number of pyridine rings is 1. The molecule has 0 unspecified atom stereocenters. The van der Waals surface area contributed by atoms with E-state index in [0.29, 0.717) is 17.2 Å². The van der Waals surface area contributed by atoms with Crippen LogP contribution in [0.25, 0.3) is 10.9 Å². The third-order valence-electron chi connectivity index (χ3n) is 6.52. The third-order valence-corrected chi connectivity index (χ3v) is 6.88. The highest BCUT2D eigenvalue weighted by Crippen LogP contribution is 2.24. The zero-order valence-corrected chi connectivity index (χ0v) is 21.5. The first-order valence-electron chi connectivity index (χ1n) is 12.1. The zero-order chi connectivity index (χ0) is 24.8. The predicted octanol–water partition coefficient (Wildman–Crippen LogP) is 4.07. The van der Waals surface area contributed by atoms with E-state index >= 15 is 0 Å². The minimum absolute atomic E-state index is 0.0792. The smallest absolute Gasteiger partial charge is 0.253 e. The minimum Gasteiger partial charge on any atom is -0.495 e. The molecule has 1 saturated heterocycles. The standard InChI is InChI=1S/C27H34N4O3S/c1-19-9-10-20(2)25-22(19)17-21(26(32)29-25)18-31(12-6-11-30-13-15-34-16-14-30)27(35)28-23-7-4-5-8-24(23)33-3/h4-5,7-10,17H,6,11-16,18H2,1-3H3,(H,28,35)(H,29,32). The third kappa shape index (κ3) is 6.20. The lowest BCUT2D eigenvalue weighted by Gasteiger charge is -2.29. The first-order valence-corrected chi connectivity index (χ1v) is 12.5. The summed E-state index contributed by atoms with van der Waals surface area (Å²) in [6.45, 7) is 9.65. The van der Waals surface area contributed by atoms with Gasteiger partial charge in [-0.25, -0.2) is 0 Å². The largest absolute Gasteiger partial charge is 0.495 e. The van der Waals surface area contributed by atoms with E-state index in [1.54, 1.807) is 7.11 Å². The highest BCUT2D eigenvalue weighted by atomic mass is 32.1. The number of aromatic amines is 1. The van der Waals surface area contributed by atoms with Crippen LogP contribution in [0, 0.1) is 13.8 Å². The number of nitrogens with one attached hydrogen (secondary N) is 2. The number of H-pyrrole nitrogens is 1. The molecule has 0 spiro atoms. The molecule has 8 heteroatoms. The monoisotopic (exact) mass is 494 g/mol. The summed E-state index contributed by atoms with van der Waals surface area (Å²) in [6, 6.07) is 13.8. The molecule has 0 atom stereocenters. The van der Waals surface area contributed by atoms with Gasteiger partial charge in [0.15, 0.2) is 5.11 Å². The van der Waals surface area contributed by atoms with Gasteiger partial charge in [-0.15, -0.1) is 0 Å². The van der Waals surface area contributed by atoms with E-state index in [1.807, 2.05) is 43.3 Å². The number of fused-ring (bicyclic) bond motifs is 1. The zero-order valence-electron chi connectivity index (χ0n) is 20.7. The molecule has 1 fully saturated rings. The minimum atomic E-state index is -0.0792. The topological polar surface area (TPSA) is 69.8 Å². The number of ether oxygens (including phenoxy) is 2. The number of benzene rings is 2. The molecular weight excluding hydrogens is 460 g/mol. The Morgan fingerprint density at radius 1 is 1.17 bits per heavy atom. The molecule has 0 saturated carbocycles.